The standard InChI is InChI=1S/C23H33NO4/c1-15(2)24(6)16(3)21(25)19-9-8-18-13-20(11-10-17(18)12-19)28-14-23(4,5)22(26)27-7/h8-13,15-16,21,25H,14H2,1-7H3. The van der Waals surface area contributed by atoms with Crippen molar-refractivity contribution in [3.63, 3.8) is 0 Å². The Morgan fingerprint density at radius 3 is 2.32 bits per heavy atom. The normalized spacial score (nSPS) is 14.4. The van der Waals surface area contributed by atoms with Gasteiger partial charge in [-0.2, -0.15) is 0 Å². The monoisotopic (exact) mass is 387 g/mol. The van der Waals surface area contributed by atoms with E-state index in [2.05, 4.69) is 18.7 Å². The fourth-order valence-corrected chi connectivity index (χ4v) is 3.09. The van der Waals surface area contributed by atoms with Gasteiger partial charge >= 0.3 is 5.97 Å². The molecule has 0 amide bonds. The molecule has 2 aromatic carbocycles. The van der Waals surface area contributed by atoms with Crippen molar-refractivity contribution in [2.75, 3.05) is 20.8 Å². The van der Waals surface area contributed by atoms with Gasteiger partial charge in [-0.15, -0.1) is 0 Å². The summed E-state index contributed by atoms with van der Waals surface area (Å²) in [5, 5.41) is 12.8. The van der Waals surface area contributed by atoms with Crippen LogP contribution in [0.15, 0.2) is 36.4 Å². The molecule has 0 bridgehead atoms. The number of ether oxygens (including phenoxy) is 2. The van der Waals surface area contributed by atoms with Gasteiger partial charge in [-0.3, -0.25) is 9.69 Å². The number of aliphatic hydroxyl groups is 1. The fourth-order valence-electron chi connectivity index (χ4n) is 3.09. The molecule has 0 saturated heterocycles. The number of likely N-dealkylation sites (N-methyl/N-ethyl adjacent to an activating group) is 1. The molecule has 5 heteroatoms. The molecule has 5 nitrogen and oxygen atoms in total. The zero-order valence-corrected chi connectivity index (χ0v) is 18.0. The third-order valence-electron chi connectivity index (χ3n) is 5.43. The summed E-state index contributed by atoms with van der Waals surface area (Å²) in [7, 11) is 3.41. The van der Waals surface area contributed by atoms with Crippen LogP contribution >= 0.6 is 0 Å². The number of carbonyl (C=O) groups excluding carboxylic acids is 1. The average Bonchev–Trinajstić information content (AvgIpc) is 2.69. The predicted molar refractivity (Wildman–Crippen MR) is 113 cm³/mol. The van der Waals surface area contributed by atoms with Gasteiger partial charge in [0.1, 0.15) is 12.4 Å². The second-order valence-corrected chi connectivity index (χ2v) is 8.38. The van der Waals surface area contributed by atoms with Crippen LogP contribution in [0.3, 0.4) is 0 Å². The van der Waals surface area contributed by atoms with Crippen LogP contribution in [0.2, 0.25) is 0 Å². The lowest BCUT2D eigenvalue weighted by Gasteiger charge is -2.32. The van der Waals surface area contributed by atoms with Crippen molar-refractivity contribution in [1.82, 2.24) is 4.90 Å². The van der Waals surface area contributed by atoms with Crippen molar-refractivity contribution < 1.29 is 19.4 Å². The van der Waals surface area contributed by atoms with Gasteiger partial charge in [0, 0.05) is 12.1 Å². The summed E-state index contributed by atoms with van der Waals surface area (Å²) >= 11 is 0. The van der Waals surface area contributed by atoms with Crippen molar-refractivity contribution in [3.05, 3.63) is 42.0 Å². The lowest BCUT2D eigenvalue weighted by molar-refractivity contribution is -0.152. The highest BCUT2D eigenvalue weighted by atomic mass is 16.5. The Hall–Kier alpha value is -2.11. The lowest BCUT2D eigenvalue weighted by Crippen LogP contribution is -2.39. The van der Waals surface area contributed by atoms with E-state index in [1.165, 1.54) is 7.11 Å². The van der Waals surface area contributed by atoms with Crippen LogP contribution in [-0.2, 0) is 9.53 Å². The molecule has 28 heavy (non-hydrogen) atoms. The average molecular weight is 388 g/mol. The number of hydrogen-bond acceptors (Lipinski definition) is 5. The van der Waals surface area contributed by atoms with Gasteiger partial charge in [-0.05, 0) is 76.2 Å². The van der Waals surface area contributed by atoms with Crippen LogP contribution in [0, 0.1) is 5.41 Å². The van der Waals surface area contributed by atoms with Crippen LogP contribution in [0.5, 0.6) is 5.75 Å². The summed E-state index contributed by atoms with van der Waals surface area (Å²) < 4.78 is 10.6. The number of methoxy groups -OCH3 is 1. The number of benzene rings is 2. The number of carbonyl (C=O) groups is 1. The highest BCUT2D eigenvalue weighted by Gasteiger charge is 2.29. The maximum atomic E-state index is 11.8. The molecule has 0 aliphatic carbocycles. The van der Waals surface area contributed by atoms with E-state index in [-0.39, 0.29) is 18.6 Å². The van der Waals surface area contributed by atoms with E-state index in [1.807, 2.05) is 50.4 Å². The predicted octanol–water partition coefficient (Wildman–Crippen LogP) is 4.18. The van der Waals surface area contributed by atoms with Crippen molar-refractivity contribution in [3.8, 4) is 5.75 Å². The van der Waals surface area contributed by atoms with E-state index in [9.17, 15) is 9.90 Å². The third-order valence-corrected chi connectivity index (χ3v) is 5.43. The summed E-state index contributed by atoms with van der Waals surface area (Å²) in [4.78, 5) is 13.9. The minimum atomic E-state index is -0.712. The molecule has 0 aliphatic heterocycles. The van der Waals surface area contributed by atoms with Gasteiger partial charge in [0.2, 0.25) is 0 Å². The number of rotatable bonds is 8. The zero-order chi connectivity index (χ0) is 21.1. The van der Waals surface area contributed by atoms with E-state index in [0.29, 0.717) is 11.8 Å². The summed E-state index contributed by atoms with van der Waals surface area (Å²) in [6, 6.07) is 12.2. The molecule has 2 atom stereocenters. The van der Waals surface area contributed by atoms with Crippen LogP contribution in [0.25, 0.3) is 10.8 Å². The summed E-state index contributed by atoms with van der Waals surface area (Å²) in [5.74, 6) is 0.401. The Bertz CT molecular complexity index is 815. The molecule has 1 N–H and O–H groups in total. The van der Waals surface area contributed by atoms with Gasteiger partial charge in [0.15, 0.2) is 0 Å². The van der Waals surface area contributed by atoms with Crippen molar-refractivity contribution >= 4 is 16.7 Å². The zero-order valence-electron chi connectivity index (χ0n) is 18.0. The summed E-state index contributed by atoms with van der Waals surface area (Å²) in [5.41, 5.74) is 0.184. The SMILES string of the molecule is COC(=O)C(C)(C)COc1ccc2cc(C(O)C(C)N(C)C(C)C)ccc2c1. The second kappa shape index (κ2) is 8.93. The third kappa shape index (κ3) is 5.03. The van der Waals surface area contributed by atoms with E-state index >= 15 is 0 Å². The minimum absolute atomic E-state index is 0.0145. The lowest BCUT2D eigenvalue weighted by atomic mass is 9.95. The number of fused-ring (bicyclic) bond motifs is 1. The van der Waals surface area contributed by atoms with E-state index in [0.717, 1.165) is 16.3 Å². The van der Waals surface area contributed by atoms with Crippen LogP contribution in [-0.4, -0.2) is 48.8 Å². The van der Waals surface area contributed by atoms with E-state index in [4.69, 9.17) is 9.47 Å². The fraction of sp³-hybridized carbons (Fsp3) is 0.522. The molecule has 0 aliphatic rings. The van der Waals surface area contributed by atoms with Gasteiger partial charge < -0.3 is 14.6 Å². The van der Waals surface area contributed by atoms with Crippen molar-refractivity contribution in [2.45, 2.75) is 52.8 Å². The molecular formula is C23H33NO4. The number of esters is 1. The Kier molecular flexibility index (Phi) is 7.07. The summed E-state index contributed by atoms with van der Waals surface area (Å²) in [6.45, 7) is 10.1. The molecule has 0 saturated carbocycles. The topological polar surface area (TPSA) is 59.0 Å². The molecule has 0 aromatic heterocycles. The van der Waals surface area contributed by atoms with E-state index < -0.39 is 11.5 Å². The van der Waals surface area contributed by atoms with Crippen LogP contribution in [0.1, 0.15) is 46.3 Å². The molecule has 0 radical (unpaired) electrons. The van der Waals surface area contributed by atoms with Gasteiger partial charge in [0.25, 0.3) is 0 Å². The first-order valence-corrected chi connectivity index (χ1v) is 9.71. The minimum Gasteiger partial charge on any atom is -0.492 e. The maximum Gasteiger partial charge on any atom is 0.314 e. The summed E-state index contributed by atoms with van der Waals surface area (Å²) in [6.07, 6.45) is -0.561. The quantitative estimate of drug-likeness (QED) is 0.689. The molecule has 0 spiro atoms. The number of hydrogen-bond donors (Lipinski definition) is 1. The largest absolute Gasteiger partial charge is 0.492 e. The number of aliphatic hydroxyl groups excluding tert-OH is 1. The highest BCUT2D eigenvalue weighted by Crippen LogP contribution is 2.28. The molecule has 2 aromatic rings. The van der Waals surface area contributed by atoms with Gasteiger partial charge in [-0.1, -0.05) is 18.2 Å². The number of nitrogens with zero attached hydrogens (tertiary/aromatic N) is 1. The second-order valence-electron chi connectivity index (χ2n) is 8.38. The van der Waals surface area contributed by atoms with Crippen molar-refractivity contribution in [1.29, 1.82) is 0 Å². The van der Waals surface area contributed by atoms with Gasteiger partial charge in [-0.25, -0.2) is 0 Å². The molecular weight excluding hydrogens is 354 g/mol. The molecule has 154 valence electrons. The van der Waals surface area contributed by atoms with Crippen LogP contribution in [0.4, 0.5) is 0 Å². The van der Waals surface area contributed by atoms with Crippen molar-refractivity contribution in [2.24, 2.45) is 5.41 Å². The molecule has 0 fully saturated rings. The maximum absolute atomic E-state index is 11.8. The first kappa shape index (κ1) is 22.2. The smallest absolute Gasteiger partial charge is 0.314 e. The van der Waals surface area contributed by atoms with E-state index in [1.54, 1.807) is 13.8 Å². The first-order valence-electron chi connectivity index (χ1n) is 9.71. The Labute approximate surface area is 168 Å². The molecule has 0 heterocycles. The Morgan fingerprint density at radius 1 is 1.11 bits per heavy atom. The Morgan fingerprint density at radius 2 is 1.71 bits per heavy atom. The van der Waals surface area contributed by atoms with Gasteiger partial charge in [0.05, 0.1) is 18.6 Å². The molecule has 2 rings (SSSR count). The molecule has 2 unspecified atom stereocenters. The first-order chi connectivity index (χ1) is 13.1. The Balaban J connectivity index is 2.17. The highest BCUT2D eigenvalue weighted by molar-refractivity contribution is 5.84. The van der Waals surface area contributed by atoms with Crippen LogP contribution < -0.4 is 4.74 Å².